The highest BCUT2D eigenvalue weighted by atomic mass is 16.2. The molecule has 0 aliphatic heterocycles. The third-order valence-electron chi connectivity index (χ3n) is 4.29. The number of benzene rings is 2. The zero-order valence-corrected chi connectivity index (χ0v) is 13.3. The molecule has 116 valence electrons. The van der Waals surface area contributed by atoms with Gasteiger partial charge >= 0.3 is 0 Å². The van der Waals surface area contributed by atoms with Crippen molar-refractivity contribution in [2.75, 3.05) is 0 Å². The molecule has 1 aliphatic rings. The predicted molar refractivity (Wildman–Crippen MR) is 89.9 cm³/mol. The number of carbonyl (C=O) groups is 1. The zero-order chi connectivity index (χ0) is 16.2. The third-order valence-corrected chi connectivity index (χ3v) is 4.29. The summed E-state index contributed by atoms with van der Waals surface area (Å²) in [6.45, 7) is 2.79. The van der Waals surface area contributed by atoms with Crippen LogP contribution in [-0.4, -0.2) is 16.8 Å². The van der Waals surface area contributed by atoms with Crippen molar-refractivity contribution in [3.63, 3.8) is 0 Å². The summed E-state index contributed by atoms with van der Waals surface area (Å²) in [5.41, 5.74) is 3.71. The van der Waals surface area contributed by atoms with Crippen molar-refractivity contribution >= 4 is 5.91 Å². The fraction of sp³-hybridized carbons (Fsp3) is 0.300. The van der Waals surface area contributed by atoms with E-state index in [1.165, 1.54) is 5.56 Å². The fourth-order valence-electron chi connectivity index (χ4n) is 2.68. The van der Waals surface area contributed by atoms with Crippen molar-refractivity contribution < 1.29 is 4.79 Å². The average Bonchev–Trinajstić information content (AvgIpc) is 3.44. The summed E-state index contributed by atoms with van der Waals surface area (Å²) in [6, 6.07) is 17.8. The maximum absolute atomic E-state index is 12.8. The molecule has 0 radical (unpaired) electrons. The molecular formula is C20H20N2O. The van der Waals surface area contributed by atoms with Gasteiger partial charge in [0.25, 0.3) is 5.91 Å². The molecule has 0 aromatic heterocycles. The van der Waals surface area contributed by atoms with Crippen molar-refractivity contribution in [1.29, 1.82) is 5.26 Å². The summed E-state index contributed by atoms with van der Waals surface area (Å²) in [4.78, 5) is 14.8. The van der Waals surface area contributed by atoms with Crippen LogP contribution in [-0.2, 0) is 13.0 Å². The number of nitriles is 1. The highest BCUT2D eigenvalue weighted by Crippen LogP contribution is 2.30. The van der Waals surface area contributed by atoms with Gasteiger partial charge < -0.3 is 4.90 Å². The Bertz CT molecular complexity index is 722. The van der Waals surface area contributed by atoms with E-state index in [4.69, 9.17) is 5.26 Å². The van der Waals surface area contributed by atoms with Gasteiger partial charge in [-0.2, -0.15) is 5.26 Å². The number of hydrogen-bond acceptors (Lipinski definition) is 2. The molecule has 0 bridgehead atoms. The molecule has 3 rings (SSSR count). The molecule has 2 aromatic rings. The Morgan fingerprint density at radius 1 is 1.09 bits per heavy atom. The van der Waals surface area contributed by atoms with Crippen LogP contribution in [0.4, 0.5) is 0 Å². The normalized spacial score (nSPS) is 13.4. The van der Waals surface area contributed by atoms with Crippen molar-refractivity contribution in [1.82, 2.24) is 4.90 Å². The molecule has 0 spiro atoms. The standard InChI is InChI=1S/C20H20N2O/c1-2-15-3-5-17(6-4-15)14-22(19-11-12-19)20(23)18-9-7-16(13-21)8-10-18/h3-10,19H,2,11-12,14H2,1H3. The van der Waals surface area contributed by atoms with Gasteiger partial charge in [-0.05, 0) is 54.7 Å². The first-order chi connectivity index (χ1) is 11.2. The van der Waals surface area contributed by atoms with Gasteiger partial charge in [0.05, 0.1) is 11.6 Å². The lowest BCUT2D eigenvalue weighted by atomic mass is 10.1. The van der Waals surface area contributed by atoms with Crippen molar-refractivity contribution in [3.8, 4) is 6.07 Å². The number of hydrogen-bond donors (Lipinski definition) is 0. The van der Waals surface area contributed by atoms with E-state index < -0.39 is 0 Å². The fourth-order valence-corrected chi connectivity index (χ4v) is 2.68. The van der Waals surface area contributed by atoms with Crippen LogP contribution in [0.3, 0.4) is 0 Å². The van der Waals surface area contributed by atoms with E-state index in [2.05, 4.69) is 37.3 Å². The van der Waals surface area contributed by atoms with Gasteiger partial charge in [0.1, 0.15) is 0 Å². The van der Waals surface area contributed by atoms with Crippen LogP contribution < -0.4 is 0 Å². The predicted octanol–water partition coefficient (Wildman–Crippen LogP) is 3.93. The lowest BCUT2D eigenvalue weighted by Crippen LogP contribution is -2.32. The second-order valence-electron chi connectivity index (χ2n) is 6.02. The van der Waals surface area contributed by atoms with Crippen LogP contribution in [0.1, 0.15) is 46.8 Å². The minimum absolute atomic E-state index is 0.0524. The maximum Gasteiger partial charge on any atom is 0.254 e. The Labute approximate surface area is 137 Å². The van der Waals surface area contributed by atoms with Crippen LogP contribution >= 0.6 is 0 Å². The van der Waals surface area contributed by atoms with Crippen molar-refractivity contribution in [2.45, 2.75) is 38.8 Å². The minimum atomic E-state index is 0.0524. The van der Waals surface area contributed by atoms with Crippen LogP contribution in [0.15, 0.2) is 48.5 Å². The number of nitrogens with zero attached hydrogens (tertiary/aromatic N) is 2. The molecule has 3 nitrogen and oxygen atoms in total. The summed E-state index contributed by atoms with van der Waals surface area (Å²) in [6.07, 6.45) is 3.18. The van der Waals surface area contributed by atoms with Crippen LogP contribution in [0.5, 0.6) is 0 Å². The van der Waals surface area contributed by atoms with E-state index in [1.54, 1.807) is 24.3 Å². The Hall–Kier alpha value is -2.60. The molecule has 1 amide bonds. The molecule has 0 N–H and O–H groups in total. The second-order valence-corrected chi connectivity index (χ2v) is 6.02. The van der Waals surface area contributed by atoms with Crippen LogP contribution in [0.25, 0.3) is 0 Å². The highest BCUT2D eigenvalue weighted by Gasteiger charge is 2.33. The van der Waals surface area contributed by atoms with E-state index in [9.17, 15) is 4.79 Å². The van der Waals surface area contributed by atoms with Gasteiger partial charge in [0.15, 0.2) is 0 Å². The molecule has 0 unspecified atom stereocenters. The topological polar surface area (TPSA) is 44.1 Å². The first-order valence-corrected chi connectivity index (χ1v) is 8.10. The van der Waals surface area contributed by atoms with E-state index >= 15 is 0 Å². The van der Waals surface area contributed by atoms with Gasteiger partial charge in [-0.25, -0.2) is 0 Å². The molecular weight excluding hydrogens is 284 g/mol. The van der Waals surface area contributed by atoms with E-state index in [0.29, 0.717) is 23.7 Å². The number of aryl methyl sites for hydroxylation is 1. The van der Waals surface area contributed by atoms with E-state index in [1.807, 2.05) is 4.90 Å². The third kappa shape index (κ3) is 3.60. The molecule has 0 saturated heterocycles. The summed E-state index contributed by atoms with van der Waals surface area (Å²) in [7, 11) is 0. The molecule has 2 aromatic carbocycles. The molecule has 23 heavy (non-hydrogen) atoms. The quantitative estimate of drug-likeness (QED) is 0.840. The lowest BCUT2D eigenvalue weighted by molar-refractivity contribution is 0.0730. The number of rotatable bonds is 5. The summed E-state index contributed by atoms with van der Waals surface area (Å²) >= 11 is 0. The molecule has 3 heteroatoms. The Balaban J connectivity index is 1.77. The van der Waals surface area contributed by atoms with Gasteiger partial charge in [-0.3, -0.25) is 4.79 Å². The Morgan fingerprint density at radius 2 is 1.70 bits per heavy atom. The minimum Gasteiger partial charge on any atom is -0.331 e. The maximum atomic E-state index is 12.8. The molecule has 1 aliphatic carbocycles. The average molecular weight is 304 g/mol. The van der Waals surface area contributed by atoms with E-state index in [0.717, 1.165) is 24.8 Å². The number of carbonyl (C=O) groups excluding carboxylic acids is 1. The SMILES string of the molecule is CCc1ccc(CN(C(=O)c2ccc(C#N)cc2)C2CC2)cc1. The lowest BCUT2D eigenvalue weighted by Gasteiger charge is -2.23. The first kappa shape index (κ1) is 15.3. The van der Waals surface area contributed by atoms with E-state index in [-0.39, 0.29) is 5.91 Å². The van der Waals surface area contributed by atoms with Gasteiger partial charge in [0.2, 0.25) is 0 Å². The van der Waals surface area contributed by atoms with Gasteiger partial charge in [-0.1, -0.05) is 31.2 Å². The molecule has 1 fully saturated rings. The zero-order valence-electron chi connectivity index (χ0n) is 13.3. The van der Waals surface area contributed by atoms with Crippen LogP contribution in [0.2, 0.25) is 0 Å². The van der Waals surface area contributed by atoms with Crippen molar-refractivity contribution in [2.24, 2.45) is 0 Å². The summed E-state index contributed by atoms with van der Waals surface area (Å²) in [5.74, 6) is 0.0524. The Kier molecular flexibility index (Phi) is 4.43. The molecule has 1 saturated carbocycles. The largest absolute Gasteiger partial charge is 0.331 e. The van der Waals surface area contributed by atoms with Gasteiger partial charge in [0, 0.05) is 18.2 Å². The molecule has 0 atom stereocenters. The summed E-state index contributed by atoms with van der Waals surface area (Å²) < 4.78 is 0. The van der Waals surface area contributed by atoms with Crippen molar-refractivity contribution in [3.05, 3.63) is 70.8 Å². The van der Waals surface area contributed by atoms with Gasteiger partial charge in [-0.15, -0.1) is 0 Å². The highest BCUT2D eigenvalue weighted by molar-refractivity contribution is 5.94. The monoisotopic (exact) mass is 304 g/mol. The Morgan fingerprint density at radius 3 is 2.22 bits per heavy atom. The van der Waals surface area contributed by atoms with Crippen LogP contribution in [0, 0.1) is 11.3 Å². The first-order valence-electron chi connectivity index (χ1n) is 8.10. The second kappa shape index (κ2) is 6.66. The number of amides is 1. The molecule has 0 heterocycles. The summed E-state index contributed by atoms with van der Waals surface area (Å²) in [5, 5.41) is 8.87. The smallest absolute Gasteiger partial charge is 0.254 e.